The predicted octanol–water partition coefficient (Wildman–Crippen LogP) is 3.05. The van der Waals surface area contributed by atoms with Gasteiger partial charge in [-0.2, -0.15) is 0 Å². The Bertz CT molecular complexity index is 428. The molecule has 0 aliphatic rings. The third kappa shape index (κ3) is 2.43. The molecule has 0 aliphatic carbocycles. The van der Waals surface area contributed by atoms with E-state index in [0.717, 1.165) is 0 Å². The molecule has 0 heterocycles. The van der Waals surface area contributed by atoms with Crippen molar-refractivity contribution < 1.29 is 14.9 Å². The van der Waals surface area contributed by atoms with Gasteiger partial charge in [0.1, 0.15) is 0 Å². The highest BCUT2D eigenvalue weighted by Gasteiger charge is 2.05. The largest absolute Gasteiger partial charge is 0.504 e. The summed E-state index contributed by atoms with van der Waals surface area (Å²) in [6, 6.07) is 13.2. The first-order valence-corrected chi connectivity index (χ1v) is 4.51. The van der Waals surface area contributed by atoms with Crippen LogP contribution in [0.5, 0.6) is 23.0 Å². The zero-order valence-electron chi connectivity index (χ0n) is 8.63. The van der Waals surface area contributed by atoms with Crippen LogP contribution in [0, 0.1) is 0 Å². The number of aromatic hydroxyl groups is 2. The van der Waals surface area contributed by atoms with E-state index >= 15 is 0 Å². The number of phenolic OH excluding ortho intramolecular Hbond substituents is 2. The maximum Gasteiger partial charge on any atom is 0.169 e. The lowest BCUT2D eigenvalue weighted by Crippen LogP contribution is -1.84. The molecule has 5 N–H and O–H groups in total. The second-order valence-corrected chi connectivity index (χ2v) is 3.04. The molecule has 0 saturated heterocycles. The summed E-state index contributed by atoms with van der Waals surface area (Å²) in [5.74, 6) is 0.722. The van der Waals surface area contributed by atoms with Gasteiger partial charge in [-0.15, -0.1) is 0 Å². The lowest BCUT2D eigenvalue weighted by Gasteiger charge is -2.08. The topological polar surface area (TPSA) is 84.7 Å². The zero-order chi connectivity index (χ0) is 10.7. The second kappa shape index (κ2) is 5.04. The molecule has 2 aromatic carbocycles. The fraction of sp³-hybridized carbons (Fsp3) is 0. The Morgan fingerprint density at radius 1 is 0.688 bits per heavy atom. The van der Waals surface area contributed by atoms with E-state index in [-0.39, 0.29) is 17.6 Å². The minimum atomic E-state index is 0. The summed E-state index contributed by atoms with van der Waals surface area (Å²) in [5, 5.41) is 18.9. The molecule has 0 atom stereocenters. The lowest BCUT2D eigenvalue weighted by atomic mass is 10.3. The molecule has 0 saturated carbocycles. The number of benzene rings is 2. The van der Waals surface area contributed by atoms with Crippen LogP contribution in [0.2, 0.25) is 0 Å². The van der Waals surface area contributed by atoms with Crippen molar-refractivity contribution in [3.63, 3.8) is 0 Å². The van der Waals surface area contributed by atoms with Crippen molar-refractivity contribution in [2.75, 3.05) is 0 Å². The molecular formula is C12H13NO3. The second-order valence-electron chi connectivity index (χ2n) is 3.04. The summed E-state index contributed by atoms with van der Waals surface area (Å²) in [7, 11) is 0. The van der Waals surface area contributed by atoms with Crippen LogP contribution < -0.4 is 10.9 Å². The van der Waals surface area contributed by atoms with Crippen LogP contribution in [0.3, 0.4) is 0 Å². The summed E-state index contributed by atoms with van der Waals surface area (Å²) in [4.78, 5) is 0. The van der Waals surface area contributed by atoms with Crippen molar-refractivity contribution in [2.45, 2.75) is 0 Å². The molecule has 2 rings (SSSR count). The third-order valence-corrected chi connectivity index (χ3v) is 1.95. The van der Waals surface area contributed by atoms with E-state index in [1.54, 1.807) is 36.4 Å². The smallest absolute Gasteiger partial charge is 0.169 e. The van der Waals surface area contributed by atoms with Crippen molar-refractivity contribution in [3.8, 4) is 23.0 Å². The molecule has 4 nitrogen and oxygen atoms in total. The normalized spacial score (nSPS) is 9.25. The Balaban J connectivity index is 0.00000128. The fourth-order valence-corrected chi connectivity index (χ4v) is 1.21. The zero-order valence-corrected chi connectivity index (χ0v) is 8.63. The van der Waals surface area contributed by atoms with Crippen LogP contribution >= 0.6 is 0 Å². The van der Waals surface area contributed by atoms with Gasteiger partial charge >= 0.3 is 0 Å². The standard InChI is InChI=1S/C12H10O3.H3N/c13-9-5-1-3-7-11(9)15-12-8-4-2-6-10(12)14;/h1-8,13-14H;1H3. The van der Waals surface area contributed by atoms with Crippen LogP contribution in [-0.4, -0.2) is 10.2 Å². The number of ether oxygens (including phenoxy) is 1. The van der Waals surface area contributed by atoms with Gasteiger partial charge in [0.25, 0.3) is 0 Å². The Morgan fingerprint density at radius 2 is 1.06 bits per heavy atom. The molecule has 4 heteroatoms. The van der Waals surface area contributed by atoms with Crippen LogP contribution in [0.15, 0.2) is 48.5 Å². The van der Waals surface area contributed by atoms with Crippen LogP contribution in [-0.2, 0) is 0 Å². The van der Waals surface area contributed by atoms with Gasteiger partial charge in [0.05, 0.1) is 0 Å². The third-order valence-electron chi connectivity index (χ3n) is 1.95. The summed E-state index contributed by atoms with van der Waals surface area (Å²) in [6.45, 7) is 0. The monoisotopic (exact) mass is 219 g/mol. The van der Waals surface area contributed by atoms with Crippen molar-refractivity contribution in [1.29, 1.82) is 0 Å². The molecule has 0 unspecified atom stereocenters. The van der Waals surface area contributed by atoms with Crippen LogP contribution in [0.25, 0.3) is 0 Å². The summed E-state index contributed by atoms with van der Waals surface area (Å²) in [6.07, 6.45) is 0. The molecule has 0 radical (unpaired) electrons. The van der Waals surface area contributed by atoms with E-state index in [4.69, 9.17) is 4.74 Å². The van der Waals surface area contributed by atoms with Crippen molar-refractivity contribution >= 4 is 0 Å². The first kappa shape index (κ1) is 11.9. The average Bonchev–Trinajstić information content (AvgIpc) is 2.24. The molecule has 0 amide bonds. The lowest BCUT2D eigenvalue weighted by molar-refractivity contribution is 0.385. The summed E-state index contributed by atoms with van der Waals surface area (Å²) < 4.78 is 5.34. The number of para-hydroxylation sites is 4. The summed E-state index contributed by atoms with van der Waals surface area (Å²) in [5.41, 5.74) is 0. The van der Waals surface area contributed by atoms with Gasteiger partial charge in [-0.3, -0.25) is 0 Å². The molecule has 0 aliphatic heterocycles. The van der Waals surface area contributed by atoms with Gasteiger partial charge < -0.3 is 21.1 Å². The highest BCUT2D eigenvalue weighted by atomic mass is 16.5. The van der Waals surface area contributed by atoms with Gasteiger partial charge in [-0.05, 0) is 24.3 Å². The van der Waals surface area contributed by atoms with Gasteiger partial charge in [-0.1, -0.05) is 24.3 Å². The average molecular weight is 219 g/mol. The van der Waals surface area contributed by atoms with Crippen LogP contribution in [0.1, 0.15) is 0 Å². The van der Waals surface area contributed by atoms with E-state index in [1.807, 2.05) is 0 Å². The number of phenols is 2. The van der Waals surface area contributed by atoms with E-state index < -0.39 is 0 Å². The molecule has 16 heavy (non-hydrogen) atoms. The Kier molecular flexibility index (Phi) is 3.74. The van der Waals surface area contributed by atoms with Crippen LogP contribution in [0.4, 0.5) is 0 Å². The Labute approximate surface area is 93.3 Å². The number of hydrogen-bond acceptors (Lipinski definition) is 4. The highest BCUT2D eigenvalue weighted by Crippen LogP contribution is 2.34. The molecular weight excluding hydrogens is 206 g/mol. The van der Waals surface area contributed by atoms with E-state index in [9.17, 15) is 10.2 Å². The van der Waals surface area contributed by atoms with E-state index in [0.29, 0.717) is 11.5 Å². The number of hydrogen-bond donors (Lipinski definition) is 3. The van der Waals surface area contributed by atoms with Crippen molar-refractivity contribution in [2.24, 2.45) is 0 Å². The molecule has 2 aromatic rings. The first-order valence-electron chi connectivity index (χ1n) is 4.51. The predicted molar refractivity (Wildman–Crippen MR) is 61.3 cm³/mol. The molecule has 0 bridgehead atoms. The molecule has 84 valence electrons. The minimum Gasteiger partial charge on any atom is -0.504 e. The molecule has 0 fully saturated rings. The quantitative estimate of drug-likeness (QED) is 0.724. The van der Waals surface area contributed by atoms with Gasteiger partial charge in [0.2, 0.25) is 0 Å². The minimum absolute atomic E-state index is 0. The number of rotatable bonds is 2. The molecule has 0 aromatic heterocycles. The van der Waals surface area contributed by atoms with Crippen molar-refractivity contribution in [3.05, 3.63) is 48.5 Å². The van der Waals surface area contributed by atoms with Gasteiger partial charge in [0.15, 0.2) is 23.0 Å². The first-order chi connectivity index (χ1) is 7.27. The molecule has 0 spiro atoms. The summed E-state index contributed by atoms with van der Waals surface area (Å²) >= 11 is 0. The van der Waals surface area contributed by atoms with Gasteiger partial charge in [-0.25, -0.2) is 0 Å². The van der Waals surface area contributed by atoms with E-state index in [2.05, 4.69) is 0 Å². The Morgan fingerprint density at radius 3 is 1.44 bits per heavy atom. The van der Waals surface area contributed by atoms with Crippen molar-refractivity contribution in [1.82, 2.24) is 6.15 Å². The maximum atomic E-state index is 9.46. The Hall–Kier alpha value is -2.20. The fourth-order valence-electron chi connectivity index (χ4n) is 1.21. The van der Waals surface area contributed by atoms with Gasteiger partial charge in [0, 0.05) is 0 Å². The highest BCUT2D eigenvalue weighted by molar-refractivity contribution is 5.45. The SMILES string of the molecule is N.Oc1ccccc1Oc1ccccc1O. The maximum absolute atomic E-state index is 9.46. The van der Waals surface area contributed by atoms with E-state index in [1.165, 1.54) is 12.1 Å².